The predicted molar refractivity (Wildman–Crippen MR) is 38.8 cm³/mol. The molecule has 4 nitrogen and oxygen atoms in total. The molecular weight excluding hydrogens is 157 g/mol. The Balaban J connectivity index is -0.000000405. The Morgan fingerprint density at radius 1 is 0.818 bits per heavy atom. The van der Waals surface area contributed by atoms with Crippen LogP contribution in [0, 0.1) is 0 Å². The number of rotatable bonds is 6. The summed E-state index contributed by atoms with van der Waals surface area (Å²) in [5.74, 6) is 0. The normalized spacial score (nSPS) is 9.82. The summed E-state index contributed by atoms with van der Waals surface area (Å²) in [6.45, 7) is 1.75. The summed E-state index contributed by atoms with van der Waals surface area (Å²) in [4.78, 5) is 1.79. The van der Waals surface area contributed by atoms with Crippen molar-refractivity contribution in [2.24, 2.45) is 0 Å². The Morgan fingerprint density at radius 2 is 1.09 bits per heavy atom. The molecule has 0 fully saturated rings. The minimum atomic E-state index is 0. The van der Waals surface area contributed by atoms with Crippen molar-refractivity contribution in [3.63, 3.8) is 0 Å². The molecule has 0 aromatic carbocycles. The smallest absolute Gasteiger partial charge is 1.00 e. The first-order valence-corrected chi connectivity index (χ1v) is 3.40. The maximum absolute atomic E-state index is 8.48. The van der Waals surface area contributed by atoms with Crippen molar-refractivity contribution in [3.8, 4) is 0 Å². The van der Waals surface area contributed by atoms with Gasteiger partial charge in [0.2, 0.25) is 0 Å². The monoisotopic (exact) mass is 173 g/mol. The number of hydrogen-bond donors (Lipinski definition) is 3. The van der Waals surface area contributed by atoms with Gasteiger partial charge in [-0.2, -0.15) is 0 Å². The number of nitrogens with zero attached hydrogens (tertiary/aromatic N) is 1. The molecule has 0 aromatic rings. The van der Waals surface area contributed by atoms with Crippen LogP contribution in [0.25, 0.3) is 0 Å². The molecule has 0 radical (unpaired) electrons. The zero-order valence-electron chi connectivity index (χ0n) is 8.03. The van der Waals surface area contributed by atoms with Gasteiger partial charge < -0.3 is 16.7 Å². The third-order valence-corrected chi connectivity index (χ3v) is 1.25. The average molecular weight is 173 g/mol. The minimum absolute atomic E-state index is 0. The largest absolute Gasteiger partial charge is 1.00 e. The van der Waals surface area contributed by atoms with E-state index in [0.717, 1.165) is 0 Å². The van der Waals surface area contributed by atoms with E-state index >= 15 is 0 Å². The number of aliphatic hydroxyl groups is 3. The summed E-state index contributed by atoms with van der Waals surface area (Å²) in [6.07, 6.45) is 0. The first kappa shape index (κ1) is 14.4. The van der Waals surface area contributed by atoms with Gasteiger partial charge >= 0.3 is 29.6 Å². The van der Waals surface area contributed by atoms with Gasteiger partial charge in [-0.1, -0.05) is 0 Å². The maximum Gasteiger partial charge on any atom is 1.00 e. The first-order valence-electron chi connectivity index (χ1n) is 3.40. The Bertz CT molecular complexity index is 65.5. The van der Waals surface area contributed by atoms with Gasteiger partial charge in [-0.15, -0.1) is 0 Å². The van der Waals surface area contributed by atoms with Crippen LogP contribution >= 0.6 is 0 Å². The van der Waals surface area contributed by atoms with Crippen molar-refractivity contribution in [3.05, 3.63) is 0 Å². The van der Waals surface area contributed by atoms with Gasteiger partial charge in [-0.25, -0.2) is 0 Å². The molecule has 0 unspecified atom stereocenters. The summed E-state index contributed by atoms with van der Waals surface area (Å²) >= 11 is 0. The molecule has 0 aliphatic heterocycles. The Labute approximate surface area is 90.6 Å². The maximum atomic E-state index is 8.48. The van der Waals surface area contributed by atoms with E-state index in [2.05, 4.69) is 0 Å². The molecule has 5 heteroatoms. The third-order valence-electron chi connectivity index (χ3n) is 1.25. The summed E-state index contributed by atoms with van der Waals surface area (Å²) in [7, 11) is 0. The molecule has 0 aliphatic carbocycles. The standard InChI is InChI=1S/C6H15NO3.Na.H/c8-4-1-7(2-5-9)3-6-10;;/h8-10H,1-6H2;;/q;+1;-1. The van der Waals surface area contributed by atoms with Gasteiger partial charge in [0.05, 0.1) is 19.8 Å². The van der Waals surface area contributed by atoms with Crippen LogP contribution in [-0.2, 0) is 0 Å². The second-order valence-electron chi connectivity index (χ2n) is 2.01. The molecule has 0 bridgehead atoms. The molecule has 0 aromatic heterocycles. The number of aliphatic hydroxyl groups excluding tert-OH is 3. The van der Waals surface area contributed by atoms with Crippen molar-refractivity contribution < 1.29 is 46.3 Å². The zero-order valence-corrected chi connectivity index (χ0v) is 9.03. The van der Waals surface area contributed by atoms with Crippen LogP contribution in [0.15, 0.2) is 0 Å². The van der Waals surface area contributed by atoms with Crippen molar-refractivity contribution in [2.45, 2.75) is 0 Å². The Morgan fingerprint density at radius 3 is 1.27 bits per heavy atom. The van der Waals surface area contributed by atoms with Crippen molar-refractivity contribution in [1.82, 2.24) is 4.90 Å². The number of hydrogen-bond acceptors (Lipinski definition) is 4. The molecule has 0 rings (SSSR count). The Kier molecular flexibility index (Phi) is 14.2. The minimum Gasteiger partial charge on any atom is -1.00 e. The van der Waals surface area contributed by atoms with E-state index < -0.39 is 0 Å². The molecule has 0 aliphatic rings. The van der Waals surface area contributed by atoms with Gasteiger partial charge in [-0.3, -0.25) is 4.90 Å². The van der Waals surface area contributed by atoms with E-state index in [9.17, 15) is 0 Å². The van der Waals surface area contributed by atoms with Gasteiger partial charge in [0.15, 0.2) is 0 Å². The van der Waals surface area contributed by atoms with Gasteiger partial charge in [0.1, 0.15) is 0 Å². The SMILES string of the molecule is OCCN(CCO)CCO.[H-].[Na+]. The molecule has 64 valence electrons. The van der Waals surface area contributed by atoms with E-state index in [0.29, 0.717) is 19.6 Å². The van der Waals surface area contributed by atoms with E-state index in [1.807, 2.05) is 0 Å². The molecule has 0 spiro atoms. The molecule has 3 N–H and O–H groups in total. The zero-order chi connectivity index (χ0) is 7.82. The summed E-state index contributed by atoms with van der Waals surface area (Å²) in [6, 6.07) is 0. The summed E-state index contributed by atoms with van der Waals surface area (Å²) < 4.78 is 0. The average Bonchev–Trinajstić information content (AvgIpc) is 1.90. The van der Waals surface area contributed by atoms with Crippen LogP contribution in [0.5, 0.6) is 0 Å². The fraction of sp³-hybridized carbons (Fsp3) is 1.00. The van der Waals surface area contributed by atoms with Gasteiger partial charge in [-0.05, 0) is 0 Å². The molecule has 0 heterocycles. The molecule has 0 saturated carbocycles. The van der Waals surface area contributed by atoms with Crippen LogP contribution in [0.2, 0.25) is 0 Å². The molecule has 0 atom stereocenters. The quantitative estimate of drug-likeness (QED) is 0.354. The summed E-state index contributed by atoms with van der Waals surface area (Å²) in [5, 5.41) is 25.5. The van der Waals surface area contributed by atoms with E-state index in [1.165, 1.54) is 0 Å². The third kappa shape index (κ3) is 8.75. The fourth-order valence-corrected chi connectivity index (χ4v) is 0.760. The van der Waals surface area contributed by atoms with Crippen LogP contribution in [0.1, 0.15) is 1.43 Å². The van der Waals surface area contributed by atoms with Crippen LogP contribution < -0.4 is 29.6 Å². The van der Waals surface area contributed by atoms with Crippen molar-refractivity contribution in [1.29, 1.82) is 0 Å². The van der Waals surface area contributed by atoms with Gasteiger partial charge in [0.25, 0.3) is 0 Å². The topological polar surface area (TPSA) is 63.9 Å². The van der Waals surface area contributed by atoms with E-state index in [4.69, 9.17) is 15.3 Å². The molecule has 11 heavy (non-hydrogen) atoms. The molecule has 0 saturated heterocycles. The first-order chi connectivity index (χ1) is 4.85. The van der Waals surface area contributed by atoms with Crippen LogP contribution in [0.4, 0.5) is 0 Å². The van der Waals surface area contributed by atoms with Crippen molar-refractivity contribution in [2.75, 3.05) is 39.5 Å². The summed E-state index contributed by atoms with van der Waals surface area (Å²) in [5.41, 5.74) is 0. The van der Waals surface area contributed by atoms with Crippen LogP contribution in [0.3, 0.4) is 0 Å². The van der Waals surface area contributed by atoms with Crippen molar-refractivity contribution >= 4 is 0 Å². The second kappa shape index (κ2) is 10.8. The fourth-order valence-electron chi connectivity index (χ4n) is 0.760. The molecular formula is C6H16NNaO3. The predicted octanol–water partition coefficient (Wildman–Crippen LogP) is -4.62. The van der Waals surface area contributed by atoms with E-state index in [-0.39, 0.29) is 50.8 Å². The second-order valence-corrected chi connectivity index (χ2v) is 2.01. The molecule has 0 amide bonds. The van der Waals surface area contributed by atoms with E-state index in [1.54, 1.807) is 4.90 Å². The Hall–Kier alpha value is 0.840. The van der Waals surface area contributed by atoms with Gasteiger partial charge in [0, 0.05) is 19.6 Å². The van der Waals surface area contributed by atoms with Crippen LogP contribution in [-0.4, -0.2) is 59.7 Å².